The van der Waals surface area contributed by atoms with Crippen LogP contribution < -0.4 is 0 Å². The highest BCUT2D eigenvalue weighted by molar-refractivity contribution is 6.13. The molecule has 0 fully saturated rings. The van der Waals surface area contributed by atoms with Crippen molar-refractivity contribution in [2.45, 2.75) is 0 Å². The van der Waals surface area contributed by atoms with Gasteiger partial charge < -0.3 is 13.4 Å². The molecular weight excluding hydrogens is 773 g/mol. The molecule has 0 amide bonds. The highest BCUT2D eigenvalue weighted by atomic mass is 16.3. The predicted octanol–water partition coefficient (Wildman–Crippen LogP) is 15.1. The number of aromatic nitrogens is 4. The van der Waals surface area contributed by atoms with Gasteiger partial charge in [0.05, 0.1) is 11.0 Å². The summed E-state index contributed by atoms with van der Waals surface area (Å²) < 4.78 is 15.2. The van der Waals surface area contributed by atoms with Crippen LogP contribution in [0.2, 0.25) is 0 Å². The molecule has 0 aliphatic rings. The lowest BCUT2D eigenvalue weighted by Crippen LogP contribution is -2.00. The lowest BCUT2D eigenvalue weighted by molar-refractivity contribution is 0.668. The first kappa shape index (κ1) is 35.2. The fraction of sp³-hybridized carbons (Fsp3) is 0. The van der Waals surface area contributed by atoms with Gasteiger partial charge in [-0.3, -0.25) is 0 Å². The minimum atomic E-state index is 0.560. The number of hydrogen-bond donors (Lipinski definition) is 0. The minimum Gasteiger partial charge on any atom is -0.456 e. The summed E-state index contributed by atoms with van der Waals surface area (Å²) >= 11 is 0. The van der Waals surface area contributed by atoms with Gasteiger partial charge in [-0.1, -0.05) is 140 Å². The molecule has 6 heteroatoms. The third-order valence-electron chi connectivity index (χ3n) is 12.3. The van der Waals surface area contributed by atoms with E-state index in [9.17, 15) is 0 Å². The van der Waals surface area contributed by atoms with Gasteiger partial charge in [0, 0.05) is 54.7 Å². The molecule has 0 N–H and O–H groups in total. The molecule has 63 heavy (non-hydrogen) atoms. The standard InChI is InChI=1S/C57H34N4O2/c1-3-13-35(14-4-1)38-26-29-49-46(32-38)42-19-7-9-22-48(42)61(49)41-18-11-17-37(31-41)39-27-30-51-47(33-39)54-45(21-12-24-52(54)62-51)57-59-55(36-15-5-2-6-16-36)58-56(60-57)40-25-28-44-43-20-8-10-23-50(43)63-53(44)34-40/h1-34H. The van der Waals surface area contributed by atoms with Crippen molar-refractivity contribution in [3.8, 4) is 62.1 Å². The zero-order valence-electron chi connectivity index (χ0n) is 33.7. The largest absolute Gasteiger partial charge is 0.456 e. The van der Waals surface area contributed by atoms with Gasteiger partial charge >= 0.3 is 0 Å². The van der Waals surface area contributed by atoms with Gasteiger partial charge in [-0.2, -0.15) is 0 Å². The van der Waals surface area contributed by atoms with Gasteiger partial charge in [-0.05, 0) is 89.0 Å². The zero-order chi connectivity index (χ0) is 41.4. The average molecular weight is 807 g/mol. The topological polar surface area (TPSA) is 69.9 Å². The van der Waals surface area contributed by atoms with Crippen LogP contribution >= 0.6 is 0 Å². The maximum absolute atomic E-state index is 6.55. The molecule has 0 saturated heterocycles. The van der Waals surface area contributed by atoms with Gasteiger partial charge in [0.15, 0.2) is 17.5 Å². The molecule has 9 aromatic carbocycles. The third kappa shape index (κ3) is 5.76. The second-order valence-corrected chi connectivity index (χ2v) is 16.0. The Hall–Kier alpha value is -8.61. The molecule has 0 saturated carbocycles. The Bertz CT molecular complexity index is 3920. The van der Waals surface area contributed by atoms with Crippen LogP contribution in [-0.2, 0) is 0 Å². The van der Waals surface area contributed by atoms with Gasteiger partial charge in [0.2, 0.25) is 0 Å². The van der Waals surface area contributed by atoms with E-state index in [1.165, 1.54) is 27.4 Å². The van der Waals surface area contributed by atoms with Gasteiger partial charge in [-0.25, -0.2) is 15.0 Å². The van der Waals surface area contributed by atoms with Crippen LogP contribution in [0.15, 0.2) is 215 Å². The molecule has 6 nitrogen and oxygen atoms in total. The number of fused-ring (bicyclic) bond motifs is 9. The summed E-state index contributed by atoms with van der Waals surface area (Å²) in [5.41, 5.74) is 13.8. The SMILES string of the molecule is c1ccc(-c2ccc3c(c2)c2ccccc2n3-c2cccc(-c3ccc4oc5cccc(-c6nc(-c7ccccc7)nc(-c7ccc8c(c7)oc7ccccc78)n6)c5c4c3)c2)cc1. The highest BCUT2D eigenvalue weighted by Gasteiger charge is 2.20. The zero-order valence-corrected chi connectivity index (χ0v) is 33.7. The maximum atomic E-state index is 6.55. The lowest BCUT2D eigenvalue weighted by Gasteiger charge is -2.11. The van der Waals surface area contributed by atoms with Crippen molar-refractivity contribution >= 4 is 65.7 Å². The lowest BCUT2D eigenvalue weighted by atomic mass is 10.00. The maximum Gasteiger partial charge on any atom is 0.164 e. The number of hydrogen-bond acceptors (Lipinski definition) is 5. The van der Waals surface area contributed by atoms with Gasteiger partial charge in [0.1, 0.15) is 22.3 Å². The van der Waals surface area contributed by atoms with Crippen molar-refractivity contribution in [1.82, 2.24) is 19.5 Å². The van der Waals surface area contributed by atoms with Crippen molar-refractivity contribution in [2.24, 2.45) is 0 Å². The Morgan fingerprint density at radius 2 is 0.873 bits per heavy atom. The van der Waals surface area contributed by atoms with Crippen LogP contribution in [0.25, 0.3) is 128 Å². The summed E-state index contributed by atoms with van der Waals surface area (Å²) in [6, 6.07) is 71.7. The Labute approximate surface area is 361 Å². The fourth-order valence-electron chi connectivity index (χ4n) is 9.29. The van der Waals surface area contributed by atoms with Crippen LogP contribution in [0.1, 0.15) is 0 Å². The van der Waals surface area contributed by atoms with Crippen molar-refractivity contribution in [3.63, 3.8) is 0 Å². The van der Waals surface area contributed by atoms with E-state index in [0.717, 1.165) is 82.9 Å². The van der Waals surface area contributed by atoms with Crippen LogP contribution in [0.3, 0.4) is 0 Å². The molecule has 4 heterocycles. The molecule has 0 aliphatic heterocycles. The summed E-state index contributed by atoms with van der Waals surface area (Å²) in [5, 5.41) is 6.51. The Balaban J connectivity index is 0.951. The van der Waals surface area contributed by atoms with E-state index in [4.69, 9.17) is 23.8 Å². The quantitative estimate of drug-likeness (QED) is 0.167. The minimum absolute atomic E-state index is 0.560. The van der Waals surface area contributed by atoms with Crippen molar-refractivity contribution in [3.05, 3.63) is 206 Å². The van der Waals surface area contributed by atoms with E-state index in [0.29, 0.717) is 17.5 Å². The average Bonchev–Trinajstić information content (AvgIpc) is 4.03. The normalized spacial score (nSPS) is 11.8. The van der Waals surface area contributed by atoms with E-state index in [1.54, 1.807) is 0 Å². The molecule has 4 aromatic heterocycles. The van der Waals surface area contributed by atoms with Crippen LogP contribution in [0.5, 0.6) is 0 Å². The van der Waals surface area contributed by atoms with Crippen molar-refractivity contribution in [1.29, 1.82) is 0 Å². The first-order chi connectivity index (χ1) is 31.2. The fourth-order valence-corrected chi connectivity index (χ4v) is 9.29. The number of nitrogens with zero attached hydrogens (tertiary/aromatic N) is 4. The molecule has 0 aliphatic carbocycles. The second kappa shape index (κ2) is 14.0. The first-order valence-corrected chi connectivity index (χ1v) is 21.1. The summed E-state index contributed by atoms with van der Waals surface area (Å²) in [6.45, 7) is 0. The Morgan fingerprint density at radius 3 is 1.75 bits per heavy atom. The molecule has 0 bridgehead atoms. The van der Waals surface area contributed by atoms with E-state index in [2.05, 4.69) is 144 Å². The number of para-hydroxylation sites is 2. The number of benzene rings is 9. The number of rotatable bonds is 6. The first-order valence-electron chi connectivity index (χ1n) is 21.1. The van der Waals surface area contributed by atoms with E-state index < -0.39 is 0 Å². The number of furan rings is 2. The van der Waals surface area contributed by atoms with Crippen LogP contribution in [0.4, 0.5) is 0 Å². The van der Waals surface area contributed by atoms with Gasteiger partial charge in [-0.15, -0.1) is 0 Å². The molecule has 294 valence electrons. The van der Waals surface area contributed by atoms with E-state index in [-0.39, 0.29) is 0 Å². The summed E-state index contributed by atoms with van der Waals surface area (Å²) in [7, 11) is 0. The summed E-state index contributed by atoms with van der Waals surface area (Å²) in [5.74, 6) is 1.71. The molecule has 0 spiro atoms. The second-order valence-electron chi connectivity index (χ2n) is 16.0. The molecule has 0 radical (unpaired) electrons. The summed E-state index contributed by atoms with van der Waals surface area (Å²) in [4.78, 5) is 15.4. The van der Waals surface area contributed by atoms with E-state index in [1.807, 2.05) is 66.7 Å². The molecule has 13 rings (SSSR count). The molecular formula is C57H34N4O2. The molecule has 0 unspecified atom stereocenters. The van der Waals surface area contributed by atoms with Crippen molar-refractivity contribution < 1.29 is 8.83 Å². The smallest absolute Gasteiger partial charge is 0.164 e. The molecule has 13 aromatic rings. The monoisotopic (exact) mass is 806 g/mol. The predicted molar refractivity (Wildman–Crippen MR) is 256 cm³/mol. The third-order valence-corrected chi connectivity index (χ3v) is 12.3. The van der Waals surface area contributed by atoms with Crippen LogP contribution in [-0.4, -0.2) is 19.5 Å². The molecule has 0 atom stereocenters. The van der Waals surface area contributed by atoms with Crippen LogP contribution in [0, 0.1) is 0 Å². The van der Waals surface area contributed by atoms with Gasteiger partial charge in [0.25, 0.3) is 0 Å². The van der Waals surface area contributed by atoms with E-state index >= 15 is 0 Å². The highest BCUT2D eigenvalue weighted by Crippen LogP contribution is 2.40. The van der Waals surface area contributed by atoms with Crippen molar-refractivity contribution in [2.75, 3.05) is 0 Å². The summed E-state index contributed by atoms with van der Waals surface area (Å²) in [6.07, 6.45) is 0. The Morgan fingerprint density at radius 1 is 0.302 bits per heavy atom. The Kier molecular flexibility index (Phi) is 7.80.